The van der Waals surface area contributed by atoms with Crippen LogP contribution in [0.1, 0.15) is 12.5 Å². The third-order valence-electron chi connectivity index (χ3n) is 4.05. The van der Waals surface area contributed by atoms with E-state index in [1.165, 1.54) is 19.1 Å². The number of carboxylic acid groups (broad SMARTS) is 1. The Morgan fingerprint density at radius 1 is 1.30 bits per heavy atom. The molecule has 6 atom stereocenters. The van der Waals surface area contributed by atoms with Gasteiger partial charge in [-0.15, -0.1) is 0 Å². The lowest BCUT2D eigenvalue weighted by Crippen LogP contribution is -2.65. The molecular weight excluding hydrogens is 358 g/mol. The maximum atomic E-state index is 11.6. The van der Waals surface area contributed by atoms with E-state index in [9.17, 15) is 30.0 Å². The van der Waals surface area contributed by atoms with Crippen molar-refractivity contribution < 1.29 is 39.5 Å². The van der Waals surface area contributed by atoms with Gasteiger partial charge in [0.25, 0.3) is 0 Å². The van der Waals surface area contributed by atoms with Crippen molar-refractivity contribution >= 4 is 18.0 Å². The van der Waals surface area contributed by atoms with Crippen LogP contribution in [0.2, 0.25) is 0 Å². The van der Waals surface area contributed by atoms with Crippen LogP contribution in [0.25, 0.3) is 6.08 Å². The summed E-state index contributed by atoms with van der Waals surface area (Å²) in [6.07, 6.45) is -4.22. The molecule has 1 aliphatic heterocycles. The Labute approximate surface area is 155 Å². The molecule has 0 radical (unpaired) electrons. The molecule has 0 bridgehead atoms. The number of amides is 1. The fourth-order valence-corrected chi connectivity index (χ4v) is 2.75. The Balaban J connectivity index is 2.23. The molecule has 1 amide bonds. The topological polar surface area (TPSA) is 146 Å². The minimum Gasteiger partial charge on any atom is -0.479 e. The van der Waals surface area contributed by atoms with Gasteiger partial charge in [0.2, 0.25) is 5.91 Å². The molecule has 1 aliphatic rings. The summed E-state index contributed by atoms with van der Waals surface area (Å²) < 4.78 is 10.6. The number of hydrogen-bond donors (Lipinski definition) is 5. The third-order valence-corrected chi connectivity index (χ3v) is 4.05. The van der Waals surface area contributed by atoms with Crippen LogP contribution in [0.5, 0.6) is 0 Å². The second kappa shape index (κ2) is 9.58. The zero-order valence-electron chi connectivity index (χ0n) is 14.6. The minimum atomic E-state index is -1.59. The summed E-state index contributed by atoms with van der Waals surface area (Å²) in [4.78, 5) is 23.0. The molecule has 2 rings (SSSR count). The van der Waals surface area contributed by atoms with Gasteiger partial charge in [0.1, 0.15) is 24.4 Å². The number of aliphatic carboxylic acids is 1. The lowest BCUT2D eigenvalue weighted by atomic mass is 9.96. The highest BCUT2D eigenvalue weighted by Gasteiger charge is 2.47. The standard InChI is InChI=1S/C18H23NO8/c1-10(21)19-14-16(15(22)13(9-20)27-18(14)25)26-12(17(23)24)8-7-11-5-3-2-4-6-11/h2-8,12-16,18,20,22,25H,9H2,1H3,(H,19,21)(H,23,24)/t12-,13-,14-,15-,16-,18?/m1/s1. The Hall–Kier alpha value is -2.30. The SMILES string of the molecule is CC(=O)N[C@H]1C(O)O[C@H](CO)[C@@H](O)[C@@H]1O[C@H](C=Cc1ccccc1)C(=O)O. The van der Waals surface area contributed by atoms with E-state index in [0.29, 0.717) is 0 Å². The van der Waals surface area contributed by atoms with Crippen molar-refractivity contribution in [2.24, 2.45) is 0 Å². The van der Waals surface area contributed by atoms with E-state index in [2.05, 4.69) is 5.32 Å². The van der Waals surface area contributed by atoms with Crippen molar-refractivity contribution in [2.75, 3.05) is 6.61 Å². The van der Waals surface area contributed by atoms with E-state index in [0.717, 1.165) is 5.56 Å². The molecule has 0 saturated carbocycles. The average molecular weight is 381 g/mol. The predicted molar refractivity (Wildman–Crippen MR) is 93.3 cm³/mol. The van der Waals surface area contributed by atoms with Gasteiger partial charge in [0, 0.05) is 6.92 Å². The van der Waals surface area contributed by atoms with Crippen LogP contribution in [0, 0.1) is 0 Å². The van der Waals surface area contributed by atoms with Crippen LogP contribution in [-0.2, 0) is 19.1 Å². The highest BCUT2D eigenvalue weighted by Crippen LogP contribution is 2.24. The molecule has 1 heterocycles. The molecule has 148 valence electrons. The van der Waals surface area contributed by atoms with E-state index < -0.39 is 55.2 Å². The van der Waals surface area contributed by atoms with Crippen molar-refractivity contribution in [2.45, 2.75) is 43.7 Å². The highest BCUT2D eigenvalue weighted by molar-refractivity contribution is 5.76. The van der Waals surface area contributed by atoms with Crippen LogP contribution in [0.3, 0.4) is 0 Å². The van der Waals surface area contributed by atoms with Crippen molar-refractivity contribution in [3.05, 3.63) is 42.0 Å². The van der Waals surface area contributed by atoms with Crippen LogP contribution in [0.15, 0.2) is 36.4 Å². The number of rotatable bonds is 7. The second-order valence-electron chi connectivity index (χ2n) is 6.09. The van der Waals surface area contributed by atoms with Gasteiger partial charge in [-0.05, 0) is 11.6 Å². The first-order valence-corrected chi connectivity index (χ1v) is 8.34. The first-order chi connectivity index (χ1) is 12.8. The van der Waals surface area contributed by atoms with E-state index in [4.69, 9.17) is 9.47 Å². The Kier molecular flexibility index (Phi) is 7.45. The lowest BCUT2D eigenvalue weighted by molar-refractivity contribution is -0.265. The minimum absolute atomic E-state index is 0.530. The van der Waals surface area contributed by atoms with Crippen LogP contribution in [0.4, 0.5) is 0 Å². The van der Waals surface area contributed by atoms with Gasteiger partial charge in [-0.25, -0.2) is 4.79 Å². The average Bonchev–Trinajstić information content (AvgIpc) is 2.63. The zero-order valence-corrected chi connectivity index (χ0v) is 14.6. The van der Waals surface area contributed by atoms with Gasteiger partial charge in [-0.2, -0.15) is 0 Å². The number of hydrogen-bond acceptors (Lipinski definition) is 7. The molecule has 9 heteroatoms. The first-order valence-electron chi connectivity index (χ1n) is 8.34. The Morgan fingerprint density at radius 2 is 1.96 bits per heavy atom. The highest BCUT2D eigenvalue weighted by atomic mass is 16.6. The zero-order chi connectivity index (χ0) is 20.0. The summed E-state index contributed by atoms with van der Waals surface area (Å²) in [6, 6.07) is 7.71. The molecule has 0 aliphatic carbocycles. The number of aliphatic hydroxyl groups excluding tert-OH is 3. The molecule has 0 spiro atoms. The molecule has 1 fully saturated rings. The summed E-state index contributed by atoms with van der Waals surface area (Å²) in [5.74, 6) is -1.85. The molecule has 1 saturated heterocycles. The molecule has 1 aromatic carbocycles. The molecular formula is C18H23NO8. The number of carboxylic acids is 1. The fraction of sp³-hybridized carbons (Fsp3) is 0.444. The number of benzene rings is 1. The number of carbonyl (C=O) groups is 2. The van der Waals surface area contributed by atoms with Crippen LogP contribution in [-0.4, -0.2) is 75.7 Å². The summed E-state index contributed by atoms with van der Waals surface area (Å²) in [5, 5.41) is 41.5. The largest absolute Gasteiger partial charge is 0.479 e. The van der Waals surface area contributed by atoms with Gasteiger partial charge >= 0.3 is 5.97 Å². The van der Waals surface area contributed by atoms with Crippen molar-refractivity contribution in [3.63, 3.8) is 0 Å². The second-order valence-corrected chi connectivity index (χ2v) is 6.09. The normalized spacial score (nSPS) is 29.4. The maximum absolute atomic E-state index is 11.6. The van der Waals surface area contributed by atoms with Gasteiger partial charge in [0.05, 0.1) is 6.61 Å². The van der Waals surface area contributed by atoms with E-state index >= 15 is 0 Å². The number of carbonyl (C=O) groups excluding carboxylic acids is 1. The molecule has 9 nitrogen and oxygen atoms in total. The van der Waals surface area contributed by atoms with Gasteiger partial charge in [-0.1, -0.05) is 36.4 Å². The third kappa shape index (κ3) is 5.59. The number of nitrogens with one attached hydrogen (secondary N) is 1. The summed E-state index contributed by atoms with van der Waals surface area (Å²) >= 11 is 0. The van der Waals surface area contributed by atoms with E-state index in [1.807, 2.05) is 6.07 Å². The maximum Gasteiger partial charge on any atom is 0.336 e. The molecule has 1 unspecified atom stereocenters. The van der Waals surface area contributed by atoms with Crippen LogP contribution >= 0.6 is 0 Å². The van der Waals surface area contributed by atoms with Crippen molar-refractivity contribution in [1.82, 2.24) is 5.32 Å². The first kappa shape index (κ1) is 21.0. The molecule has 27 heavy (non-hydrogen) atoms. The molecule has 0 aromatic heterocycles. The van der Waals surface area contributed by atoms with Gasteiger partial charge in [-0.3, -0.25) is 4.79 Å². The summed E-state index contributed by atoms with van der Waals surface area (Å²) in [5.41, 5.74) is 0.742. The summed E-state index contributed by atoms with van der Waals surface area (Å²) in [6.45, 7) is 0.570. The quantitative estimate of drug-likeness (QED) is 0.409. The Bertz CT molecular complexity index is 665. The predicted octanol–water partition coefficient (Wildman–Crippen LogP) is -0.887. The van der Waals surface area contributed by atoms with Crippen LogP contribution < -0.4 is 5.32 Å². The van der Waals surface area contributed by atoms with Crippen molar-refractivity contribution in [3.8, 4) is 0 Å². The fourth-order valence-electron chi connectivity index (χ4n) is 2.75. The monoisotopic (exact) mass is 381 g/mol. The van der Waals surface area contributed by atoms with Crippen molar-refractivity contribution in [1.29, 1.82) is 0 Å². The van der Waals surface area contributed by atoms with Gasteiger partial charge < -0.3 is 35.2 Å². The molecule has 1 aromatic rings. The summed E-state index contributed by atoms with van der Waals surface area (Å²) in [7, 11) is 0. The van der Waals surface area contributed by atoms with E-state index in [1.54, 1.807) is 24.3 Å². The van der Waals surface area contributed by atoms with E-state index in [-0.39, 0.29) is 0 Å². The number of ether oxygens (including phenoxy) is 2. The molecule has 5 N–H and O–H groups in total. The van der Waals surface area contributed by atoms with Gasteiger partial charge in [0.15, 0.2) is 12.4 Å². The lowest BCUT2D eigenvalue weighted by Gasteiger charge is -2.42. The number of aliphatic hydroxyl groups is 3. The smallest absolute Gasteiger partial charge is 0.336 e. The Morgan fingerprint density at radius 3 is 2.52 bits per heavy atom.